The first-order chi connectivity index (χ1) is 7.54. The fourth-order valence-electron chi connectivity index (χ4n) is 1.41. The molecular formula is C12H15NO3. The molecule has 0 radical (unpaired) electrons. The summed E-state index contributed by atoms with van der Waals surface area (Å²) in [4.78, 5) is 22.2. The van der Waals surface area contributed by atoms with Gasteiger partial charge in [-0.1, -0.05) is 6.07 Å². The van der Waals surface area contributed by atoms with Gasteiger partial charge in [0.05, 0.1) is 7.11 Å². The molecule has 86 valence electrons. The predicted molar refractivity (Wildman–Crippen MR) is 61.2 cm³/mol. The molecule has 0 saturated heterocycles. The maximum Gasteiger partial charge on any atom is 0.305 e. The smallest absolute Gasteiger partial charge is 0.305 e. The van der Waals surface area contributed by atoms with Crippen LogP contribution in [0.1, 0.15) is 29.3 Å². The van der Waals surface area contributed by atoms with E-state index in [1.54, 1.807) is 12.1 Å². The van der Waals surface area contributed by atoms with Crippen molar-refractivity contribution >= 4 is 17.4 Å². The van der Waals surface area contributed by atoms with Crippen molar-refractivity contribution in [1.82, 2.24) is 0 Å². The summed E-state index contributed by atoms with van der Waals surface area (Å²) in [6, 6.07) is 5.22. The summed E-state index contributed by atoms with van der Waals surface area (Å²) in [6.45, 7) is 1.47. The highest BCUT2D eigenvalue weighted by atomic mass is 16.5. The third-order valence-electron chi connectivity index (χ3n) is 2.34. The van der Waals surface area contributed by atoms with E-state index in [2.05, 4.69) is 4.74 Å². The summed E-state index contributed by atoms with van der Waals surface area (Å²) in [6.07, 6.45) is 0.852. The average molecular weight is 221 g/mol. The standard InChI is InChI=1S/C12H15NO3/c1-8(14)10-7-9(3-5-11(10)13)4-6-12(15)16-2/h3,5,7H,4,6,13H2,1-2H3. The van der Waals surface area contributed by atoms with Gasteiger partial charge in [-0.25, -0.2) is 0 Å². The van der Waals surface area contributed by atoms with Crippen molar-refractivity contribution in [3.8, 4) is 0 Å². The molecule has 4 nitrogen and oxygen atoms in total. The number of nitrogen functional groups attached to an aromatic ring is 1. The average Bonchev–Trinajstić information content (AvgIpc) is 2.27. The zero-order valence-electron chi connectivity index (χ0n) is 9.45. The first-order valence-electron chi connectivity index (χ1n) is 5.00. The van der Waals surface area contributed by atoms with Gasteiger partial charge in [0, 0.05) is 17.7 Å². The molecule has 1 aromatic carbocycles. The van der Waals surface area contributed by atoms with Crippen molar-refractivity contribution < 1.29 is 14.3 Å². The van der Waals surface area contributed by atoms with Crippen LogP contribution in [0.4, 0.5) is 5.69 Å². The fraction of sp³-hybridized carbons (Fsp3) is 0.333. The van der Waals surface area contributed by atoms with Gasteiger partial charge in [-0.05, 0) is 31.0 Å². The van der Waals surface area contributed by atoms with Gasteiger partial charge >= 0.3 is 5.97 Å². The fourth-order valence-corrected chi connectivity index (χ4v) is 1.41. The van der Waals surface area contributed by atoms with E-state index in [0.29, 0.717) is 24.1 Å². The zero-order chi connectivity index (χ0) is 12.1. The molecule has 0 atom stereocenters. The lowest BCUT2D eigenvalue weighted by molar-refractivity contribution is -0.140. The summed E-state index contributed by atoms with van der Waals surface area (Å²) in [5.74, 6) is -0.335. The summed E-state index contributed by atoms with van der Waals surface area (Å²) < 4.78 is 4.54. The van der Waals surface area contributed by atoms with E-state index in [1.165, 1.54) is 14.0 Å². The molecule has 1 aromatic rings. The lowest BCUT2D eigenvalue weighted by atomic mass is 10.0. The van der Waals surface area contributed by atoms with E-state index in [9.17, 15) is 9.59 Å². The molecule has 16 heavy (non-hydrogen) atoms. The number of esters is 1. The quantitative estimate of drug-likeness (QED) is 0.476. The van der Waals surface area contributed by atoms with Crippen molar-refractivity contribution in [2.45, 2.75) is 19.8 Å². The number of anilines is 1. The molecule has 0 bridgehead atoms. The van der Waals surface area contributed by atoms with Crippen molar-refractivity contribution in [2.24, 2.45) is 0 Å². The number of carbonyl (C=O) groups excluding carboxylic acids is 2. The van der Waals surface area contributed by atoms with Crippen LogP contribution in [0.5, 0.6) is 0 Å². The zero-order valence-corrected chi connectivity index (χ0v) is 9.45. The monoisotopic (exact) mass is 221 g/mol. The molecule has 0 aliphatic carbocycles. The van der Waals surface area contributed by atoms with E-state index in [0.717, 1.165) is 5.56 Å². The van der Waals surface area contributed by atoms with E-state index in [1.807, 2.05) is 6.07 Å². The molecule has 0 heterocycles. The molecule has 0 spiro atoms. The number of nitrogens with two attached hydrogens (primary N) is 1. The number of Topliss-reactive ketones (excluding diaryl/α,β-unsaturated/α-hetero) is 1. The van der Waals surface area contributed by atoms with Crippen molar-refractivity contribution in [3.63, 3.8) is 0 Å². The minimum atomic E-state index is -0.263. The number of carbonyl (C=O) groups is 2. The molecule has 0 saturated carbocycles. The number of hydrogen-bond acceptors (Lipinski definition) is 4. The number of methoxy groups -OCH3 is 1. The predicted octanol–water partition coefficient (Wildman–Crippen LogP) is 1.58. The first kappa shape index (κ1) is 12.2. The third-order valence-corrected chi connectivity index (χ3v) is 2.34. The van der Waals surface area contributed by atoms with E-state index >= 15 is 0 Å². The summed E-state index contributed by atoms with van der Waals surface area (Å²) in [7, 11) is 1.35. The minimum Gasteiger partial charge on any atom is -0.469 e. The van der Waals surface area contributed by atoms with Gasteiger partial charge in [-0.2, -0.15) is 0 Å². The van der Waals surface area contributed by atoms with Crippen molar-refractivity contribution in [3.05, 3.63) is 29.3 Å². The summed E-state index contributed by atoms with van der Waals surface area (Å²) in [5.41, 5.74) is 7.54. The Morgan fingerprint density at radius 2 is 2.06 bits per heavy atom. The molecule has 0 amide bonds. The Balaban J connectivity index is 2.79. The van der Waals surface area contributed by atoms with E-state index in [4.69, 9.17) is 5.73 Å². The van der Waals surface area contributed by atoms with Gasteiger partial charge in [-0.15, -0.1) is 0 Å². The lowest BCUT2D eigenvalue weighted by Crippen LogP contribution is -2.04. The highest BCUT2D eigenvalue weighted by Crippen LogP contribution is 2.16. The molecular weight excluding hydrogens is 206 g/mol. The molecule has 0 unspecified atom stereocenters. The number of rotatable bonds is 4. The summed E-state index contributed by atoms with van der Waals surface area (Å²) in [5, 5.41) is 0. The molecule has 4 heteroatoms. The number of hydrogen-bond donors (Lipinski definition) is 1. The Morgan fingerprint density at radius 1 is 1.38 bits per heavy atom. The molecule has 0 aromatic heterocycles. The van der Waals surface area contributed by atoms with Crippen LogP contribution in [0.2, 0.25) is 0 Å². The molecule has 0 aliphatic rings. The Kier molecular flexibility index (Phi) is 4.05. The lowest BCUT2D eigenvalue weighted by Gasteiger charge is -2.05. The number of aryl methyl sites for hydroxylation is 1. The van der Waals surface area contributed by atoms with Gasteiger partial charge in [-0.3, -0.25) is 9.59 Å². The van der Waals surface area contributed by atoms with Crippen LogP contribution in [0, 0.1) is 0 Å². The molecule has 2 N–H and O–H groups in total. The van der Waals surface area contributed by atoms with Crippen LogP contribution in [0.3, 0.4) is 0 Å². The van der Waals surface area contributed by atoms with Gasteiger partial charge in [0.15, 0.2) is 5.78 Å². The Morgan fingerprint density at radius 3 is 2.62 bits per heavy atom. The maximum absolute atomic E-state index is 11.2. The van der Waals surface area contributed by atoms with Crippen LogP contribution >= 0.6 is 0 Å². The number of benzene rings is 1. The van der Waals surface area contributed by atoms with Crippen LogP contribution in [-0.2, 0) is 16.0 Å². The molecule has 0 aliphatic heterocycles. The topological polar surface area (TPSA) is 69.4 Å². The second-order valence-electron chi connectivity index (χ2n) is 3.55. The SMILES string of the molecule is COC(=O)CCc1ccc(N)c(C(C)=O)c1. The second-order valence-corrected chi connectivity index (χ2v) is 3.55. The van der Waals surface area contributed by atoms with Crippen LogP contribution in [0.15, 0.2) is 18.2 Å². The van der Waals surface area contributed by atoms with Gasteiger partial charge in [0.1, 0.15) is 0 Å². The van der Waals surface area contributed by atoms with Gasteiger partial charge < -0.3 is 10.5 Å². The largest absolute Gasteiger partial charge is 0.469 e. The van der Waals surface area contributed by atoms with Crippen LogP contribution in [-0.4, -0.2) is 18.9 Å². The van der Waals surface area contributed by atoms with Crippen molar-refractivity contribution in [1.29, 1.82) is 0 Å². The Labute approximate surface area is 94.4 Å². The van der Waals surface area contributed by atoms with E-state index in [-0.39, 0.29) is 11.8 Å². The van der Waals surface area contributed by atoms with Gasteiger partial charge in [0.25, 0.3) is 0 Å². The van der Waals surface area contributed by atoms with Crippen LogP contribution < -0.4 is 5.73 Å². The first-order valence-corrected chi connectivity index (χ1v) is 5.00. The number of ketones is 1. The summed E-state index contributed by atoms with van der Waals surface area (Å²) >= 11 is 0. The van der Waals surface area contributed by atoms with Gasteiger partial charge in [0.2, 0.25) is 0 Å². The Hall–Kier alpha value is -1.84. The maximum atomic E-state index is 11.2. The second kappa shape index (κ2) is 5.30. The molecule has 1 rings (SSSR count). The highest BCUT2D eigenvalue weighted by molar-refractivity contribution is 5.99. The normalized spacial score (nSPS) is 9.88. The minimum absolute atomic E-state index is 0.0718. The van der Waals surface area contributed by atoms with Crippen molar-refractivity contribution in [2.75, 3.05) is 12.8 Å². The molecule has 0 fully saturated rings. The van der Waals surface area contributed by atoms with Crippen LogP contribution in [0.25, 0.3) is 0 Å². The number of ether oxygens (including phenoxy) is 1. The third kappa shape index (κ3) is 3.08. The Bertz CT molecular complexity index is 413. The van der Waals surface area contributed by atoms with E-state index < -0.39 is 0 Å². The highest BCUT2D eigenvalue weighted by Gasteiger charge is 2.07.